The fourth-order valence-electron chi connectivity index (χ4n) is 1.07. The Labute approximate surface area is 62.4 Å². The predicted molar refractivity (Wildman–Crippen MR) is 42.6 cm³/mol. The molecule has 0 unspecified atom stereocenters. The van der Waals surface area contributed by atoms with Crippen molar-refractivity contribution < 1.29 is 4.74 Å². The first kappa shape index (κ1) is 7.39. The van der Waals surface area contributed by atoms with E-state index in [4.69, 9.17) is 4.74 Å². The number of rotatable bonds is 3. The van der Waals surface area contributed by atoms with Gasteiger partial charge in [-0.25, -0.2) is 0 Å². The molecule has 1 rings (SSSR count). The molecule has 56 valence electrons. The van der Waals surface area contributed by atoms with Crippen molar-refractivity contribution in [1.82, 2.24) is 0 Å². The van der Waals surface area contributed by atoms with Gasteiger partial charge < -0.3 is 4.74 Å². The van der Waals surface area contributed by atoms with Crippen molar-refractivity contribution >= 4 is 0 Å². The van der Waals surface area contributed by atoms with Crippen LogP contribution < -0.4 is 0 Å². The fraction of sp³-hybridized carbons (Fsp3) is 0.556. The van der Waals surface area contributed by atoms with Gasteiger partial charge in [-0.1, -0.05) is 6.58 Å². The Morgan fingerprint density at radius 3 is 2.50 bits per heavy atom. The summed E-state index contributed by atoms with van der Waals surface area (Å²) in [5, 5.41) is 0. The van der Waals surface area contributed by atoms with Crippen LogP contribution in [0, 0.1) is 5.92 Å². The van der Waals surface area contributed by atoms with E-state index in [-0.39, 0.29) is 0 Å². The van der Waals surface area contributed by atoms with Crippen molar-refractivity contribution in [2.75, 3.05) is 7.11 Å². The monoisotopic (exact) mass is 138 g/mol. The van der Waals surface area contributed by atoms with Crippen LogP contribution in [0.1, 0.15) is 19.8 Å². The summed E-state index contributed by atoms with van der Waals surface area (Å²) in [7, 11) is 1.70. The molecule has 0 aromatic heterocycles. The topological polar surface area (TPSA) is 9.23 Å². The van der Waals surface area contributed by atoms with Gasteiger partial charge in [0.05, 0.1) is 7.11 Å². The molecule has 1 aliphatic carbocycles. The molecule has 1 saturated carbocycles. The first-order valence-electron chi connectivity index (χ1n) is 3.69. The molecule has 0 bridgehead atoms. The minimum Gasteiger partial charge on any atom is -0.497 e. The van der Waals surface area contributed by atoms with Crippen molar-refractivity contribution in [2.45, 2.75) is 19.8 Å². The molecule has 0 heterocycles. The largest absolute Gasteiger partial charge is 0.497 e. The summed E-state index contributed by atoms with van der Waals surface area (Å²) in [6, 6.07) is 0. The van der Waals surface area contributed by atoms with Crippen LogP contribution in [0.2, 0.25) is 0 Å². The molecule has 0 N–H and O–H groups in total. The van der Waals surface area contributed by atoms with Gasteiger partial charge in [0.25, 0.3) is 0 Å². The van der Waals surface area contributed by atoms with Crippen LogP contribution in [-0.2, 0) is 4.74 Å². The van der Waals surface area contributed by atoms with Crippen molar-refractivity contribution in [2.24, 2.45) is 5.92 Å². The minimum absolute atomic E-state index is 0.714. The van der Waals surface area contributed by atoms with Crippen molar-refractivity contribution in [1.29, 1.82) is 0 Å². The molecule has 0 aliphatic heterocycles. The highest BCUT2D eigenvalue weighted by Crippen LogP contribution is 2.38. The van der Waals surface area contributed by atoms with Gasteiger partial charge in [-0.05, 0) is 37.3 Å². The normalized spacial score (nSPS) is 18.8. The van der Waals surface area contributed by atoms with E-state index in [1.807, 2.05) is 13.0 Å². The van der Waals surface area contributed by atoms with Gasteiger partial charge in [0.1, 0.15) is 5.76 Å². The molecule has 0 spiro atoms. The van der Waals surface area contributed by atoms with Crippen LogP contribution in [-0.4, -0.2) is 7.11 Å². The van der Waals surface area contributed by atoms with Crippen LogP contribution in [0.3, 0.4) is 0 Å². The number of hydrogen-bond donors (Lipinski definition) is 0. The molecule has 0 saturated heterocycles. The maximum absolute atomic E-state index is 5.12. The third-order valence-electron chi connectivity index (χ3n) is 1.87. The molecular formula is C9H14O. The number of ether oxygens (including phenoxy) is 1. The van der Waals surface area contributed by atoms with E-state index in [1.165, 1.54) is 18.4 Å². The summed E-state index contributed by atoms with van der Waals surface area (Å²) in [6.45, 7) is 5.94. The van der Waals surface area contributed by atoms with Crippen LogP contribution >= 0.6 is 0 Å². The molecule has 0 radical (unpaired) electrons. The van der Waals surface area contributed by atoms with Crippen LogP contribution in [0.4, 0.5) is 0 Å². The Balaban J connectivity index is 2.52. The predicted octanol–water partition coefficient (Wildman–Crippen LogP) is 2.50. The summed E-state index contributed by atoms with van der Waals surface area (Å²) in [5.74, 6) is 1.67. The molecular weight excluding hydrogens is 124 g/mol. The molecule has 1 nitrogen and oxygen atoms in total. The highest BCUT2D eigenvalue weighted by molar-refractivity contribution is 5.27. The highest BCUT2D eigenvalue weighted by Gasteiger charge is 2.26. The third kappa shape index (κ3) is 1.41. The van der Waals surface area contributed by atoms with Gasteiger partial charge in [-0.3, -0.25) is 0 Å². The Hall–Kier alpha value is -0.720. The van der Waals surface area contributed by atoms with E-state index in [2.05, 4.69) is 6.58 Å². The zero-order valence-electron chi connectivity index (χ0n) is 6.68. The second-order valence-electron chi connectivity index (χ2n) is 2.66. The molecule has 0 aromatic rings. The van der Waals surface area contributed by atoms with Gasteiger partial charge in [-0.15, -0.1) is 0 Å². The third-order valence-corrected chi connectivity index (χ3v) is 1.87. The average molecular weight is 138 g/mol. The van der Waals surface area contributed by atoms with E-state index in [0.29, 0.717) is 5.92 Å². The van der Waals surface area contributed by atoms with Gasteiger partial charge in [0.2, 0.25) is 0 Å². The molecule has 1 heteroatoms. The van der Waals surface area contributed by atoms with E-state index in [0.717, 1.165) is 5.76 Å². The standard InChI is InChI=1S/C9H14O/c1-4-9(10-3)7(2)8-5-6-8/h4,8H,2,5-6H2,1,3H3/b9-4+. The Morgan fingerprint density at radius 2 is 2.20 bits per heavy atom. The fourth-order valence-corrected chi connectivity index (χ4v) is 1.07. The molecule has 0 atom stereocenters. The smallest absolute Gasteiger partial charge is 0.117 e. The summed E-state index contributed by atoms with van der Waals surface area (Å²) in [4.78, 5) is 0. The van der Waals surface area contributed by atoms with Crippen molar-refractivity contribution in [3.05, 3.63) is 24.0 Å². The SMILES string of the molecule is C=C(/C(=C\C)OC)C1CC1. The first-order valence-corrected chi connectivity index (χ1v) is 3.69. The van der Waals surface area contributed by atoms with E-state index in [1.54, 1.807) is 7.11 Å². The van der Waals surface area contributed by atoms with Crippen LogP contribution in [0.25, 0.3) is 0 Å². The molecule has 0 aromatic carbocycles. The molecule has 0 amide bonds. The number of allylic oxidation sites excluding steroid dienone is 2. The van der Waals surface area contributed by atoms with Crippen LogP contribution in [0.15, 0.2) is 24.0 Å². The van der Waals surface area contributed by atoms with E-state index in [9.17, 15) is 0 Å². The summed E-state index contributed by atoms with van der Waals surface area (Å²) >= 11 is 0. The zero-order valence-corrected chi connectivity index (χ0v) is 6.68. The Kier molecular flexibility index (Phi) is 2.15. The maximum Gasteiger partial charge on any atom is 0.117 e. The minimum atomic E-state index is 0.714. The number of methoxy groups -OCH3 is 1. The second-order valence-corrected chi connectivity index (χ2v) is 2.66. The van der Waals surface area contributed by atoms with Gasteiger partial charge in [-0.2, -0.15) is 0 Å². The van der Waals surface area contributed by atoms with Crippen molar-refractivity contribution in [3.8, 4) is 0 Å². The lowest BCUT2D eigenvalue weighted by atomic mass is 10.1. The average Bonchev–Trinajstić information content (AvgIpc) is 2.71. The second kappa shape index (κ2) is 2.91. The Morgan fingerprint density at radius 1 is 1.60 bits per heavy atom. The molecule has 10 heavy (non-hydrogen) atoms. The highest BCUT2D eigenvalue weighted by atomic mass is 16.5. The van der Waals surface area contributed by atoms with Crippen molar-refractivity contribution in [3.63, 3.8) is 0 Å². The quantitative estimate of drug-likeness (QED) is 0.430. The molecule has 1 aliphatic rings. The number of hydrogen-bond acceptors (Lipinski definition) is 1. The first-order chi connectivity index (χ1) is 4.79. The Bertz CT molecular complexity index is 164. The summed E-state index contributed by atoms with van der Waals surface area (Å²) in [5.41, 5.74) is 1.17. The van der Waals surface area contributed by atoms with Gasteiger partial charge in [0.15, 0.2) is 0 Å². The van der Waals surface area contributed by atoms with Gasteiger partial charge >= 0.3 is 0 Å². The summed E-state index contributed by atoms with van der Waals surface area (Å²) < 4.78 is 5.12. The maximum atomic E-state index is 5.12. The van der Waals surface area contributed by atoms with E-state index < -0.39 is 0 Å². The van der Waals surface area contributed by atoms with E-state index >= 15 is 0 Å². The lowest BCUT2D eigenvalue weighted by molar-refractivity contribution is 0.297. The molecule has 1 fully saturated rings. The van der Waals surface area contributed by atoms with Crippen LogP contribution in [0.5, 0.6) is 0 Å². The summed E-state index contributed by atoms with van der Waals surface area (Å²) in [6.07, 6.45) is 4.56. The lowest BCUT2D eigenvalue weighted by Gasteiger charge is -2.06. The zero-order chi connectivity index (χ0) is 7.56. The lowest BCUT2D eigenvalue weighted by Crippen LogP contribution is -1.91. The van der Waals surface area contributed by atoms with Gasteiger partial charge in [0, 0.05) is 0 Å².